The number of hydrogen-bond acceptors (Lipinski definition) is 0. The molecule has 2 rings (SSSR count). The van der Waals surface area contributed by atoms with Crippen LogP contribution in [0.1, 0.15) is 47.0 Å². The summed E-state index contributed by atoms with van der Waals surface area (Å²) in [5.74, 6) is 0.922. The van der Waals surface area contributed by atoms with Crippen molar-refractivity contribution in [3.8, 4) is 0 Å². The lowest BCUT2D eigenvalue weighted by atomic mass is 9.50. The van der Waals surface area contributed by atoms with E-state index in [0.717, 1.165) is 5.92 Å². The van der Waals surface area contributed by atoms with Gasteiger partial charge in [-0.2, -0.15) is 0 Å². The molecule has 0 bridgehead atoms. The zero-order chi connectivity index (χ0) is 8.98. The lowest BCUT2D eigenvalue weighted by Gasteiger charge is -2.54. The first-order chi connectivity index (χ1) is 5.43. The van der Waals surface area contributed by atoms with Gasteiger partial charge in [0.25, 0.3) is 0 Å². The van der Waals surface area contributed by atoms with Crippen LogP contribution in [0.5, 0.6) is 0 Å². The molecule has 0 nitrogen and oxygen atoms in total. The van der Waals surface area contributed by atoms with Crippen molar-refractivity contribution in [2.75, 3.05) is 0 Å². The molecule has 0 N–H and O–H groups in total. The molecule has 12 heavy (non-hydrogen) atoms. The molecule has 2 aliphatic rings. The minimum absolute atomic E-state index is 0.454. The molecule has 0 aromatic heterocycles. The van der Waals surface area contributed by atoms with Gasteiger partial charge >= 0.3 is 0 Å². The van der Waals surface area contributed by atoms with Gasteiger partial charge in [-0.05, 0) is 42.9 Å². The number of allylic oxidation sites excluding steroid dienone is 2. The lowest BCUT2D eigenvalue weighted by Crippen LogP contribution is -2.44. The summed E-state index contributed by atoms with van der Waals surface area (Å²) in [6.45, 7) is 9.54. The van der Waals surface area contributed by atoms with Crippen molar-refractivity contribution in [1.29, 1.82) is 0 Å². The Kier molecular flexibility index (Phi) is 1.50. The smallest absolute Gasteiger partial charge is 0.0151 e. The Bertz CT molecular complexity index is 234. The van der Waals surface area contributed by atoms with Gasteiger partial charge in [0.2, 0.25) is 0 Å². The van der Waals surface area contributed by atoms with Gasteiger partial charge in [-0.1, -0.05) is 32.4 Å². The van der Waals surface area contributed by atoms with Gasteiger partial charge in [-0.15, -0.1) is 0 Å². The molecule has 0 radical (unpaired) electrons. The van der Waals surface area contributed by atoms with Gasteiger partial charge in [0.1, 0.15) is 0 Å². The summed E-state index contributed by atoms with van der Waals surface area (Å²) in [7, 11) is 0. The van der Waals surface area contributed by atoms with Crippen LogP contribution in [-0.4, -0.2) is 0 Å². The van der Waals surface area contributed by atoms with E-state index in [2.05, 4.69) is 33.8 Å². The SMILES string of the molecule is CC1=CC(C)(C)CC2(C)CCC12. The maximum absolute atomic E-state index is 2.50. The molecule has 0 heterocycles. The largest absolute Gasteiger partial charge is 0.0796 e. The Morgan fingerprint density at radius 1 is 1.33 bits per heavy atom. The Balaban J connectivity index is 2.32. The van der Waals surface area contributed by atoms with Crippen LogP contribution >= 0.6 is 0 Å². The third-order valence-electron chi connectivity index (χ3n) is 3.87. The average molecular weight is 164 g/mol. The van der Waals surface area contributed by atoms with Crippen LogP contribution in [0.15, 0.2) is 11.6 Å². The molecule has 0 saturated heterocycles. The van der Waals surface area contributed by atoms with E-state index >= 15 is 0 Å². The fourth-order valence-electron chi connectivity index (χ4n) is 3.58. The first-order valence-electron chi connectivity index (χ1n) is 5.12. The summed E-state index contributed by atoms with van der Waals surface area (Å²) in [5, 5.41) is 0. The average Bonchev–Trinajstić information content (AvgIpc) is 1.79. The van der Waals surface area contributed by atoms with Crippen molar-refractivity contribution in [1.82, 2.24) is 0 Å². The molecule has 0 aromatic carbocycles. The normalized spacial score (nSPS) is 44.3. The predicted octanol–water partition coefficient (Wildman–Crippen LogP) is 3.78. The third kappa shape index (κ3) is 1.04. The zero-order valence-electron chi connectivity index (χ0n) is 8.78. The molecule has 2 aliphatic carbocycles. The van der Waals surface area contributed by atoms with Crippen molar-refractivity contribution < 1.29 is 0 Å². The number of rotatable bonds is 0. The maximum Gasteiger partial charge on any atom is -0.0151 e. The van der Waals surface area contributed by atoms with Crippen LogP contribution in [0.3, 0.4) is 0 Å². The molecular weight excluding hydrogens is 144 g/mol. The van der Waals surface area contributed by atoms with Crippen LogP contribution < -0.4 is 0 Å². The summed E-state index contributed by atoms with van der Waals surface area (Å²) in [5.41, 5.74) is 2.76. The van der Waals surface area contributed by atoms with Crippen molar-refractivity contribution in [3.63, 3.8) is 0 Å². The first-order valence-corrected chi connectivity index (χ1v) is 5.12. The second-order valence-corrected chi connectivity index (χ2v) is 5.80. The highest BCUT2D eigenvalue weighted by Gasteiger charge is 2.48. The zero-order valence-corrected chi connectivity index (χ0v) is 8.78. The first kappa shape index (κ1) is 8.34. The van der Waals surface area contributed by atoms with Crippen LogP contribution in [-0.2, 0) is 0 Å². The van der Waals surface area contributed by atoms with Gasteiger partial charge in [0.05, 0.1) is 0 Å². The van der Waals surface area contributed by atoms with Gasteiger partial charge in [-0.3, -0.25) is 0 Å². The summed E-state index contributed by atoms with van der Waals surface area (Å²) >= 11 is 0. The Morgan fingerprint density at radius 2 is 2.00 bits per heavy atom. The van der Waals surface area contributed by atoms with E-state index in [9.17, 15) is 0 Å². The molecule has 0 amide bonds. The van der Waals surface area contributed by atoms with Crippen molar-refractivity contribution in [2.45, 2.75) is 47.0 Å². The highest BCUT2D eigenvalue weighted by molar-refractivity contribution is 5.22. The van der Waals surface area contributed by atoms with Gasteiger partial charge in [0.15, 0.2) is 0 Å². The molecular formula is C12H20. The monoisotopic (exact) mass is 164 g/mol. The molecule has 0 spiro atoms. The Labute approximate surface area is 76.1 Å². The Morgan fingerprint density at radius 3 is 2.42 bits per heavy atom. The lowest BCUT2D eigenvalue weighted by molar-refractivity contribution is 0.0228. The van der Waals surface area contributed by atoms with Crippen LogP contribution in [0.25, 0.3) is 0 Å². The van der Waals surface area contributed by atoms with E-state index in [1.165, 1.54) is 19.3 Å². The van der Waals surface area contributed by atoms with Crippen molar-refractivity contribution in [2.24, 2.45) is 16.7 Å². The second-order valence-electron chi connectivity index (χ2n) is 5.80. The maximum atomic E-state index is 2.50. The van der Waals surface area contributed by atoms with Crippen LogP contribution in [0, 0.1) is 16.7 Å². The standard InChI is InChI=1S/C12H20/c1-9-7-11(2,3)8-12(4)6-5-10(9)12/h7,10H,5-6,8H2,1-4H3. The molecule has 68 valence electrons. The highest BCUT2D eigenvalue weighted by atomic mass is 14.5. The molecule has 2 atom stereocenters. The summed E-state index contributed by atoms with van der Waals surface area (Å²) in [6.07, 6.45) is 6.78. The fourth-order valence-corrected chi connectivity index (χ4v) is 3.58. The fraction of sp³-hybridized carbons (Fsp3) is 0.833. The van der Waals surface area contributed by atoms with E-state index in [-0.39, 0.29) is 0 Å². The van der Waals surface area contributed by atoms with E-state index in [4.69, 9.17) is 0 Å². The molecule has 0 aliphatic heterocycles. The molecule has 0 aromatic rings. The molecule has 1 saturated carbocycles. The van der Waals surface area contributed by atoms with E-state index in [0.29, 0.717) is 10.8 Å². The van der Waals surface area contributed by atoms with Crippen LogP contribution in [0.2, 0.25) is 0 Å². The third-order valence-corrected chi connectivity index (χ3v) is 3.87. The summed E-state index contributed by atoms with van der Waals surface area (Å²) in [6, 6.07) is 0. The van der Waals surface area contributed by atoms with Gasteiger partial charge in [-0.25, -0.2) is 0 Å². The van der Waals surface area contributed by atoms with E-state index in [1.54, 1.807) is 5.57 Å². The minimum Gasteiger partial charge on any atom is -0.0796 e. The van der Waals surface area contributed by atoms with Gasteiger partial charge in [0, 0.05) is 0 Å². The van der Waals surface area contributed by atoms with E-state index in [1.807, 2.05) is 0 Å². The predicted molar refractivity (Wildman–Crippen MR) is 53.0 cm³/mol. The quantitative estimate of drug-likeness (QED) is 0.478. The molecule has 0 heteroatoms. The Hall–Kier alpha value is -0.260. The summed E-state index contributed by atoms with van der Waals surface area (Å²) in [4.78, 5) is 0. The second kappa shape index (κ2) is 2.16. The van der Waals surface area contributed by atoms with Gasteiger partial charge < -0.3 is 0 Å². The molecule has 2 unspecified atom stereocenters. The topological polar surface area (TPSA) is 0 Å². The van der Waals surface area contributed by atoms with E-state index < -0.39 is 0 Å². The number of fused-ring (bicyclic) bond motifs is 1. The van der Waals surface area contributed by atoms with Crippen LogP contribution in [0.4, 0.5) is 0 Å². The van der Waals surface area contributed by atoms with Crippen molar-refractivity contribution in [3.05, 3.63) is 11.6 Å². The highest BCUT2D eigenvalue weighted by Crippen LogP contribution is 2.59. The minimum atomic E-state index is 0.454. The summed E-state index contributed by atoms with van der Waals surface area (Å²) < 4.78 is 0. The number of hydrogen-bond donors (Lipinski definition) is 0. The molecule has 1 fully saturated rings. The van der Waals surface area contributed by atoms with Crippen molar-refractivity contribution >= 4 is 0 Å².